The first kappa shape index (κ1) is 19.5. The topological polar surface area (TPSA) is 32.7 Å². The van der Waals surface area contributed by atoms with Crippen LogP contribution >= 0.6 is 23.4 Å². The van der Waals surface area contributed by atoms with Crippen LogP contribution in [0.2, 0.25) is 5.02 Å². The quantitative estimate of drug-likeness (QED) is 0.440. The molecule has 3 aromatic rings. The van der Waals surface area contributed by atoms with Crippen molar-refractivity contribution in [1.82, 2.24) is 0 Å². The zero-order valence-corrected chi connectivity index (χ0v) is 17.7. The number of hydrogen-bond donors (Lipinski definition) is 0. The Bertz CT molecular complexity index is 1150. The SMILES string of the molecule is Cc1ccccc1N=C1SC(=Cc2cccc(Cl)c2)C(=O)N1c1ccccc1C. The molecule has 0 N–H and O–H groups in total. The van der Waals surface area contributed by atoms with Gasteiger partial charge in [-0.15, -0.1) is 0 Å². The van der Waals surface area contributed by atoms with Gasteiger partial charge in [0.2, 0.25) is 0 Å². The van der Waals surface area contributed by atoms with Gasteiger partial charge < -0.3 is 0 Å². The molecule has 1 heterocycles. The Morgan fingerprint density at radius 1 is 0.931 bits per heavy atom. The predicted octanol–water partition coefficient (Wildman–Crippen LogP) is 6.77. The predicted molar refractivity (Wildman–Crippen MR) is 124 cm³/mol. The van der Waals surface area contributed by atoms with Gasteiger partial charge in [0.25, 0.3) is 5.91 Å². The minimum Gasteiger partial charge on any atom is -0.268 e. The van der Waals surface area contributed by atoms with Gasteiger partial charge in [-0.3, -0.25) is 9.69 Å². The average Bonchev–Trinajstić information content (AvgIpc) is 2.99. The van der Waals surface area contributed by atoms with Crippen LogP contribution in [0.15, 0.2) is 82.7 Å². The van der Waals surface area contributed by atoms with Crippen LogP contribution in [0, 0.1) is 13.8 Å². The van der Waals surface area contributed by atoms with Crippen molar-refractivity contribution in [2.45, 2.75) is 13.8 Å². The van der Waals surface area contributed by atoms with Crippen LogP contribution in [0.3, 0.4) is 0 Å². The summed E-state index contributed by atoms with van der Waals surface area (Å²) in [6, 6.07) is 23.2. The van der Waals surface area contributed by atoms with Crippen LogP contribution in [0.4, 0.5) is 11.4 Å². The number of aryl methyl sites for hydroxylation is 2. The number of nitrogens with zero attached hydrogens (tertiary/aromatic N) is 2. The molecule has 1 amide bonds. The fourth-order valence-corrected chi connectivity index (χ4v) is 4.30. The van der Waals surface area contributed by atoms with E-state index >= 15 is 0 Å². The maximum atomic E-state index is 13.4. The van der Waals surface area contributed by atoms with Crippen molar-refractivity contribution < 1.29 is 4.79 Å². The normalized spacial score (nSPS) is 16.8. The lowest BCUT2D eigenvalue weighted by Gasteiger charge is -2.18. The zero-order valence-electron chi connectivity index (χ0n) is 16.1. The van der Waals surface area contributed by atoms with Gasteiger partial charge in [0, 0.05) is 5.02 Å². The third-order valence-corrected chi connectivity index (χ3v) is 5.84. The molecule has 0 unspecified atom stereocenters. The number of halogens is 1. The Morgan fingerprint density at radius 2 is 1.66 bits per heavy atom. The Kier molecular flexibility index (Phi) is 5.56. The number of benzene rings is 3. The molecule has 1 fully saturated rings. The van der Waals surface area contributed by atoms with E-state index < -0.39 is 0 Å². The molecule has 0 bridgehead atoms. The van der Waals surface area contributed by atoms with Crippen molar-refractivity contribution in [3.05, 3.63) is 99.4 Å². The van der Waals surface area contributed by atoms with Gasteiger partial charge in [-0.2, -0.15) is 0 Å². The highest BCUT2D eigenvalue weighted by molar-refractivity contribution is 8.19. The molecular formula is C24H19ClN2OS. The summed E-state index contributed by atoms with van der Waals surface area (Å²) in [5.41, 5.74) is 4.65. The van der Waals surface area contributed by atoms with Crippen molar-refractivity contribution in [3.8, 4) is 0 Å². The Balaban J connectivity index is 1.82. The van der Waals surface area contributed by atoms with Crippen LogP contribution in [0.25, 0.3) is 6.08 Å². The molecule has 0 aliphatic carbocycles. The van der Waals surface area contributed by atoms with E-state index in [9.17, 15) is 4.79 Å². The van der Waals surface area contributed by atoms with Crippen LogP contribution in [0.5, 0.6) is 0 Å². The standard InChI is InChI=1S/C24H19ClN2OS/c1-16-8-3-5-12-20(16)26-24-27(21-13-6-4-9-17(21)2)23(28)22(29-24)15-18-10-7-11-19(25)14-18/h3-15H,1-2H3. The van der Waals surface area contributed by atoms with E-state index in [1.807, 2.05) is 92.7 Å². The molecule has 1 aliphatic rings. The van der Waals surface area contributed by atoms with Gasteiger partial charge in [0.15, 0.2) is 5.17 Å². The van der Waals surface area contributed by atoms with E-state index in [0.29, 0.717) is 15.1 Å². The number of thioether (sulfide) groups is 1. The minimum atomic E-state index is -0.0865. The second-order valence-electron chi connectivity index (χ2n) is 6.77. The lowest BCUT2D eigenvalue weighted by atomic mass is 10.1. The first-order valence-electron chi connectivity index (χ1n) is 9.22. The molecule has 4 rings (SSSR count). The number of amides is 1. The van der Waals surface area contributed by atoms with Crippen LogP contribution < -0.4 is 4.90 Å². The zero-order chi connectivity index (χ0) is 20.4. The number of anilines is 1. The summed E-state index contributed by atoms with van der Waals surface area (Å²) >= 11 is 7.49. The fraction of sp³-hybridized carbons (Fsp3) is 0.0833. The third kappa shape index (κ3) is 4.14. The second kappa shape index (κ2) is 8.27. The number of para-hydroxylation sites is 2. The van der Waals surface area contributed by atoms with Crippen molar-refractivity contribution in [2.24, 2.45) is 4.99 Å². The van der Waals surface area contributed by atoms with E-state index in [1.54, 1.807) is 4.90 Å². The highest BCUT2D eigenvalue weighted by atomic mass is 35.5. The Labute approximate surface area is 179 Å². The van der Waals surface area contributed by atoms with E-state index in [1.165, 1.54) is 11.8 Å². The van der Waals surface area contributed by atoms with Gasteiger partial charge in [-0.1, -0.05) is 60.1 Å². The molecule has 0 atom stereocenters. The van der Waals surface area contributed by atoms with Gasteiger partial charge >= 0.3 is 0 Å². The summed E-state index contributed by atoms with van der Waals surface area (Å²) in [7, 11) is 0. The maximum absolute atomic E-state index is 13.4. The van der Waals surface area contributed by atoms with Crippen LogP contribution in [-0.2, 0) is 4.79 Å². The molecule has 0 saturated carbocycles. The van der Waals surface area contributed by atoms with Gasteiger partial charge in [-0.05, 0) is 72.6 Å². The molecule has 3 nitrogen and oxygen atoms in total. The molecule has 0 aromatic heterocycles. The molecule has 3 aromatic carbocycles. The smallest absolute Gasteiger partial charge is 0.268 e. The number of amidine groups is 1. The highest BCUT2D eigenvalue weighted by Gasteiger charge is 2.35. The fourth-order valence-electron chi connectivity index (χ4n) is 3.12. The summed E-state index contributed by atoms with van der Waals surface area (Å²) < 4.78 is 0. The minimum absolute atomic E-state index is 0.0865. The first-order valence-corrected chi connectivity index (χ1v) is 10.4. The molecule has 5 heteroatoms. The number of hydrogen-bond acceptors (Lipinski definition) is 3. The third-order valence-electron chi connectivity index (χ3n) is 4.64. The van der Waals surface area contributed by atoms with E-state index in [0.717, 1.165) is 28.1 Å². The molecular weight excluding hydrogens is 400 g/mol. The van der Waals surface area contributed by atoms with Crippen molar-refractivity contribution in [2.75, 3.05) is 4.90 Å². The van der Waals surface area contributed by atoms with E-state index in [-0.39, 0.29) is 5.91 Å². The number of carbonyl (C=O) groups is 1. The summed E-state index contributed by atoms with van der Waals surface area (Å²) in [4.78, 5) is 20.5. The van der Waals surface area contributed by atoms with Gasteiger partial charge in [0.05, 0.1) is 16.3 Å². The molecule has 0 radical (unpaired) electrons. The molecule has 1 saturated heterocycles. The van der Waals surface area contributed by atoms with Gasteiger partial charge in [-0.25, -0.2) is 4.99 Å². The summed E-state index contributed by atoms with van der Waals surface area (Å²) in [6.45, 7) is 4.01. The second-order valence-corrected chi connectivity index (χ2v) is 8.22. The molecule has 29 heavy (non-hydrogen) atoms. The van der Waals surface area contributed by atoms with Crippen molar-refractivity contribution in [3.63, 3.8) is 0 Å². The lowest BCUT2D eigenvalue weighted by Crippen LogP contribution is -2.29. The monoisotopic (exact) mass is 418 g/mol. The molecule has 0 spiro atoms. The van der Waals surface area contributed by atoms with Gasteiger partial charge in [0.1, 0.15) is 0 Å². The summed E-state index contributed by atoms with van der Waals surface area (Å²) in [5, 5.41) is 1.28. The number of aliphatic imine (C=N–C) groups is 1. The molecule has 1 aliphatic heterocycles. The Morgan fingerprint density at radius 3 is 2.38 bits per heavy atom. The molecule has 144 valence electrons. The van der Waals surface area contributed by atoms with Crippen molar-refractivity contribution in [1.29, 1.82) is 0 Å². The van der Waals surface area contributed by atoms with Crippen LogP contribution in [0.1, 0.15) is 16.7 Å². The number of rotatable bonds is 3. The summed E-state index contributed by atoms with van der Waals surface area (Å²) in [6.07, 6.45) is 1.87. The van der Waals surface area contributed by atoms with E-state index in [2.05, 4.69) is 0 Å². The van der Waals surface area contributed by atoms with E-state index in [4.69, 9.17) is 16.6 Å². The lowest BCUT2D eigenvalue weighted by molar-refractivity contribution is -0.113. The summed E-state index contributed by atoms with van der Waals surface area (Å²) in [5.74, 6) is -0.0865. The first-order chi connectivity index (χ1) is 14.0. The Hall–Kier alpha value is -2.82. The number of carbonyl (C=O) groups excluding carboxylic acids is 1. The van der Waals surface area contributed by atoms with Crippen molar-refractivity contribution >= 4 is 51.9 Å². The largest absolute Gasteiger partial charge is 0.271 e. The highest BCUT2D eigenvalue weighted by Crippen LogP contribution is 2.38. The average molecular weight is 419 g/mol. The maximum Gasteiger partial charge on any atom is 0.271 e. The van der Waals surface area contributed by atoms with Crippen LogP contribution in [-0.4, -0.2) is 11.1 Å².